The van der Waals surface area contributed by atoms with Gasteiger partial charge in [0.25, 0.3) is 0 Å². The molecule has 0 spiro atoms. The van der Waals surface area contributed by atoms with Gasteiger partial charge >= 0.3 is 0 Å². The zero-order chi connectivity index (χ0) is 12.3. The largest absolute Gasteiger partial charge is 0.486 e. The van der Waals surface area contributed by atoms with Crippen LogP contribution in [0.4, 0.5) is 4.39 Å². The molecule has 0 fully saturated rings. The smallest absolute Gasteiger partial charge is 0.157 e. The van der Waals surface area contributed by atoms with Crippen LogP contribution in [0.25, 0.3) is 0 Å². The second-order valence-electron chi connectivity index (χ2n) is 4.17. The summed E-state index contributed by atoms with van der Waals surface area (Å²) in [5.74, 6) is 0.451. The highest BCUT2D eigenvalue weighted by atomic mass is 19.1. The van der Waals surface area contributed by atoms with Crippen LogP contribution < -0.4 is 4.74 Å². The first kappa shape index (κ1) is 11.6. The fourth-order valence-corrected chi connectivity index (χ4v) is 1.47. The summed E-state index contributed by atoms with van der Waals surface area (Å²) in [6, 6.07) is 6.69. The molecule has 17 heavy (non-hydrogen) atoms. The summed E-state index contributed by atoms with van der Waals surface area (Å²) >= 11 is 0. The molecule has 0 aliphatic heterocycles. The Morgan fingerprint density at radius 2 is 2.24 bits per heavy atom. The SMILES string of the molecule is CC(C)n1cc(OCc2cccc(F)c2)cn1. The van der Waals surface area contributed by atoms with Gasteiger partial charge in [0, 0.05) is 6.04 Å². The standard InChI is InChI=1S/C13H15FN2O/c1-10(2)16-8-13(7-15-16)17-9-11-4-3-5-12(14)6-11/h3-8,10H,9H2,1-2H3. The molecule has 0 atom stereocenters. The van der Waals surface area contributed by atoms with Crippen molar-refractivity contribution in [2.75, 3.05) is 0 Å². The zero-order valence-corrected chi connectivity index (χ0v) is 9.93. The van der Waals surface area contributed by atoms with Gasteiger partial charge in [0.15, 0.2) is 5.75 Å². The van der Waals surface area contributed by atoms with Gasteiger partial charge in [-0.05, 0) is 31.5 Å². The lowest BCUT2D eigenvalue weighted by Crippen LogP contribution is -2.00. The lowest BCUT2D eigenvalue weighted by molar-refractivity contribution is 0.305. The first-order valence-corrected chi connectivity index (χ1v) is 5.56. The van der Waals surface area contributed by atoms with Crippen LogP contribution in [0.5, 0.6) is 5.75 Å². The van der Waals surface area contributed by atoms with Crippen molar-refractivity contribution in [1.29, 1.82) is 0 Å². The lowest BCUT2D eigenvalue weighted by Gasteiger charge is -2.04. The van der Waals surface area contributed by atoms with Crippen molar-refractivity contribution < 1.29 is 9.13 Å². The quantitative estimate of drug-likeness (QED) is 0.812. The van der Waals surface area contributed by atoms with Gasteiger partial charge in [-0.1, -0.05) is 12.1 Å². The van der Waals surface area contributed by atoms with Gasteiger partial charge < -0.3 is 4.74 Å². The topological polar surface area (TPSA) is 27.1 Å². The average molecular weight is 234 g/mol. The van der Waals surface area contributed by atoms with Crippen LogP contribution in [-0.2, 0) is 6.61 Å². The molecule has 0 amide bonds. The third kappa shape index (κ3) is 3.06. The fraction of sp³-hybridized carbons (Fsp3) is 0.308. The van der Waals surface area contributed by atoms with Gasteiger partial charge in [-0.3, -0.25) is 4.68 Å². The predicted octanol–water partition coefficient (Wildman–Crippen LogP) is 3.18. The molecular weight excluding hydrogens is 219 g/mol. The van der Waals surface area contributed by atoms with E-state index in [-0.39, 0.29) is 5.82 Å². The molecule has 0 aliphatic carbocycles. The van der Waals surface area contributed by atoms with Crippen molar-refractivity contribution in [2.24, 2.45) is 0 Å². The summed E-state index contributed by atoms with van der Waals surface area (Å²) in [5.41, 5.74) is 0.808. The van der Waals surface area contributed by atoms with Crippen LogP contribution >= 0.6 is 0 Å². The second kappa shape index (κ2) is 4.99. The van der Waals surface area contributed by atoms with Crippen molar-refractivity contribution in [3.05, 3.63) is 48.0 Å². The molecule has 0 unspecified atom stereocenters. The molecule has 4 heteroatoms. The van der Waals surface area contributed by atoms with E-state index in [1.54, 1.807) is 12.3 Å². The maximum absolute atomic E-state index is 12.9. The summed E-state index contributed by atoms with van der Waals surface area (Å²) in [4.78, 5) is 0. The van der Waals surface area contributed by atoms with Crippen molar-refractivity contribution in [3.63, 3.8) is 0 Å². The molecule has 0 radical (unpaired) electrons. The van der Waals surface area contributed by atoms with E-state index in [4.69, 9.17) is 4.74 Å². The van der Waals surface area contributed by atoms with E-state index >= 15 is 0 Å². The minimum atomic E-state index is -0.246. The fourth-order valence-electron chi connectivity index (χ4n) is 1.47. The first-order valence-electron chi connectivity index (χ1n) is 5.56. The van der Waals surface area contributed by atoms with Crippen molar-refractivity contribution in [3.8, 4) is 5.75 Å². The van der Waals surface area contributed by atoms with E-state index in [9.17, 15) is 4.39 Å². The van der Waals surface area contributed by atoms with Crippen LogP contribution in [0.1, 0.15) is 25.5 Å². The summed E-state index contributed by atoms with van der Waals surface area (Å²) in [6.45, 7) is 4.44. The molecule has 3 nitrogen and oxygen atoms in total. The number of hydrogen-bond donors (Lipinski definition) is 0. The van der Waals surface area contributed by atoms with E-state index in [1.807, 2.05) is 30.8 Å². The monoisotopic (exact) mass is 234 g/mol. The van der Waals surface area contributed by atoms with Crippen molar-refractivity contribution in [2.45, 2.75) is 26.5 Å². The number of rotatable bonds is 4. The van der Waals surface area contributed by atoms with Gasteiger partial charge in [-0.2, -0.15) is 5.10 Å². The normalized spacial score (nSPS) is 10.8. The Morgan fingerprint density at radius 1 is 1.41 bits per heavy atom. The zero-order valence-electron chi connectivity index (χ0n) is 9.93. The summed E-state index contributed by atoms with van der Waals surface area (Å²) in [5, 5.41) is 4.16. The van der Waals surface area contributed by atoms with Gasteiger partial charge in [0.1, 0.15) is 12.4 Å². The molecular formula is C13H15FN2O. The first-order chi connectivity index (χ1) is 8.15. The second-order valence-corrected chi connectivity index (χ2v) is 4.17. The van der Waals surface area contributed by atoms with E-state index < -0.39 is 0 Å². The number of benzene rings is 1. The number of ether oxygens (including phenoxy) is 1. The Labute approximate surface area is 99.8 Å². The third-order valence-electron chi connectivity index (χ3n) is 2.40. The highest BCUT2D eigenvalue weighted by Crippen LogP contribution is 2.14. The number of hydrogen-bond acceptors (Lipinski definition) is 2. The maximum Gasteiger partial charge on any atom is 0.157 e. The molecule has 90 valence electrons. The Balaban J connectivity index is 1.97. The molecule has 0 bridgehead atoms. The molecule has 1 aromatic heterocycles. The highest BCUT2D eigenvalue weighted by Gasteiger charge is 2.03. The Kier molecular flexibility index (Phi) is 3.42. The maximum atomic E-state index is 12.9. The third-order valence-corrected chi connectivity index (χ3v) is 2.40. The van der Waals surface area contributed by atoms with Gasteiger partial charge in [0.05, 0.1) is 12.4 Å². The molecule has 2 aromatic rings. The molecule has 2 rings (SSSR count). The van der Waals surface area contributed by atoms with E-state index in [0.29, 0.717) is 18.4 Å². The highest BCUT2D eigenvalue weighted by molar-refractivity contribution is 5.18. The lowest BCUT2D eigenvalue weighted by atomic mass is 10.2. The van der Waals surface area contributed by atoms with E-state index in [1.165, 1.54) is 12.1 Å². The Bertz CT molecular complexity index is 494. The average Bonchev–Trinajstić information content (AvgIpc) is 2.75. The van der Waals surface area contributed by atoms with Crippen LogP contribution in [0, 0.1) is 5.82 Å². The summed E-state index contributed by atoms with van der Waals surface area (Å²) in [7, 11) is 0. The van der Waals surface area contributed by atoms with Crippen LogP contribution in [0.15, 0.2) is 36.7 Å². The van der Waals surface area contributed by atoms with Crippen molar-refractivity contribution in [1.82, 2.24) is 9.78 Å². The number of aromatic nitrogens is 2. The number of halogens is 1. The molecule has 0 saturated carbocycles. The predicted molar refractivity (Wildman–Crippen MR) is 63.3 cm³/mol. The minimum Gasteiger partial charge on any atom is -0.486 e. The van der Waals surface area contributed by atoms with Crippen LogP contribution in [-0.4, -0.2) is 9.78 Å². The van der Waals surface area contributed by atoms with Gasteiger partial charge in [0.2, 0.25) is 0 Å². The van der Waals surface area contributed by atoms with Crippen molar-refractivity contribution >= 4 is 0 Å². The molecule has 1 heterocycles. The summed E-state index contributed by atoms with van der Waals surface area (Å²) in [6.07, 6.45) is 3.50. The number of nitrogens with zero attached hydrogens (tertiary/aromatic N) is 2. The summed E-state index contributed by atoms with van der Waals surface area (Å²) < 4.78 is 20.3. The van der Waals surface area contributed by atoms with E-state index in [0.717, 1.165) is 5.56 Å². The molecule has 1 aromatic carbocycles. The Morgan fingerprint density at radius 3 is 2.88 bits per heavy atom. The van der Waals surface area contributed by atoms with Gasteiger partial charge in [-0.25, -0.2) is 4.39 Å². The molecule has 0 aliphatic rings. The van der Waals surface area contributed by atoms with Gasteiger partial charge in [-0.15, -0.1) is 0 Å². The van der Waals surface area contributed by atoms with Crippen LogP contribution in [0.2, 0.25) is 0 Å². The van der Waals surface area contributed by atoms with E-state index in [2.05, 4.69) is 5.10 Å². The molecule has 0 N–H and O–H groups in total. The molecule has 0 saturated heterocycles. The Hall–Kier alpha value is -1.84. The minimum absolute atomic E-state index is 0.246. The van der Waals surface area contributed by atoms with Crippen LogP contribution in [0.3, 0.4) is 0 Å².